The monoisotopic (exact) mass is 714 g/mol. The van der Waals surface area contributed by atoms with Crippen LogP contribution in [0, 0.1) is 50.7 Å². The van der Waals surface area contributed by atoms with E-state index in [2.05, 4.69) is 44.8 Å². The summed E-state index contributed by atoms with van der Waals surface area (Å²) in [5.41, 5.74) is -1.16. The molecule has 15 atom stereocenters. The number of nitrogens with one attached hydrogen (secondary N) is 1. The van der Waals surface area contributed by atoms with Crippen LogP contribution in [-0.4, -0.2) is 102 Å². The number of carbonyl (C=O) groups is 2. The van der Waals surface area contributed by atoms with Crippen molar-refractivity contribution in [2.24, 2.45) is 50.7 Å². The maximum Gasteiger partial charge on any atom is 0.303 e. The highest BCUT2D eigenvalue weighted by atomic mass is 16.7. The van der Waals surface area contributed by atoms with Crippen LogP contribution < -0.4 is 5.32 Å². The molecule has 3 N–H and O–H groups in total. The smallest absolute Gasteiger partial charge is 0.303 e. The zero-order valence-corrected chi connectivity index (χ0v) is 32.5. The first kappa shape index (κ1) is 36.7. The van der Waals surface area contributed by atoms with E-state index in [4.69, 9.17) is 18.9 Å². The van der Waals surface area contributed by atoms with Gasteiger partial charge in [-0.05, 0) is 123 Å². The number of nitrogens with zero attached hydrogens (tertiary/aromatic N) is 1. The van der Waals surface area contributed by atoms with Gasteiger partial charge in [0, 0.05) is 25.4 Å². The van der Waals surface area contributed by atoms with Crippen LogP contribution >= 0.6 is 0 Å². The number of rotatable bonds is 6. The highest BCUT2D eigenvalue weighted by Crippen LogP contribution is 2.89. The quantitative estimate of drug-likeness (QED) is 0.332. The van der Waals surface area contributed by atoms with E-state index in [9.17, 15) is 19.8 Å². The molecule has 288 valence electrons. The number of aliphatic hydroxyl groups excluding tert-OH is 1. The average Bonchev–Trinajstić information content (AvgIpc) is 3.69. The molecule has 3 heterocycles. The van der Waals surface area contributed by atoms with Gasteiger partial charge in [-0.25, -0.2) is 0 Å². The van der Waals surface area contributed by atoms with E-state index in [0.717, 1.165) is 58.0 Å². The van der Waals surface area contributed by atoms with Crippen molar-refractivity contribution >= 4 is 11.9 Å². The molecule has 10 nitrogen and oxygen atoms in total. The lowest BCUT2D eigenvalue weighted by Gasteiger charge is -2.64. The number of aliphatic hydroxyl groups is 2. The highest BCUT2D eigenvalue weighted by Gasteiger charge is 2.84. The summed E-state index contributed by atoms with van der Waals surface area (Å²) in [5, 5.41) is 26.7. The van der Waals surface area contributed by atoms with Gasteiger partial charge < -0.3 is 34.5 Å². The molecule has 10 heteroatoms. The molecule has 5 aliphatic carbocycles. The Morgan fingerprint density at radius 2 is 1.78 bits per heavy atom. The largest absolute Gasteiger partial charge is 0.457 e. The fourth-order valence-electron chi connectivity index (χ4n) is 14.9. The number of ether oxygens (including phenoxy) is 4. The van der Waals surface area contributed by atoms with Gasteiger partial charge >= 0.3 is 5.97 Å². The summed E-state index contributed by atoms with van der Waals surface area (Å²) in [4.78, 5) is 27.1. The van der Waals surface area contributed by atoms with Crippen LogP contribution in [0.25, 0.3) is 0 Å². The van der Waals surface area contributed by atoms with Crippen molar-refractivity contribution in [3.05, 3.63) is 0 Å². The van der Waals surface area contributed by atoms with E-state index >= 15 is 0 Å². The molecule has 0 aromatic rings. The molecule has 0 bridgehead atoms. The van der Waals surface area contributed by atoms with Gasteiger partial charge in [0.2, 0.25) is 5.91 Å². The second kappa shape index (κ2) is 12.1. The topological polar surface area (TPSA) is 127 Å². The van der Waals surface area contributed by atoms with E-state index in [0.29, 0.717) is 31.4 Å². The molecule has 8 fully saturated rings. The summed E-state index contributed by atoms with van der Waals surface area (Å²) < 4.78 is 25.7. The first-order valence-electron chi connectivity index (χ1n) is 20.4. The van der Waals surface area contributed by atoms with Gasteiger partial charge in [0.05, 0.1) is 49.2 Å². The van der Waals surface area contributed by atoms with E-state index in [1.54, 1.807) is 13.8 Å². The average molecular weight is 715 g/mol. The van der Waals surface area contributed by atoms with Crippen molar-refractivity contribution < 1.29 is 38.7 Å². The first-order chi connectivity index (χ1) is 23.9. The maximum atomic E-state index is 12.7. The predicted molar refractivity (Wildman–Crippen MR) is 190 cm³/mol. The zero-order chi connectivity index (χ0) is 36.5. The Morgan fingerprint density at radius 3 is 2.49 bits per heavy atom. The predicted octanol–water partition coefficient (Wildman–Crippen LogP) is 4.82. The number of amides is 1. The Balaban J connectivity index is 1.01. The summed E-state index contributed by atoms with van der Waals surface area (Å²) in [6, 6.07) is -0.0813. The van der Waals surface area contributed by atoms with Crippen LogP contribution in [0.5, 0.6) is 0 Å². The van der Waals surface area contributed by atoms with Crippen LogP contribution in [0.1, 0.15) is 120 Å². The lowest BCUT2D eigenvalue weighted by atomic mass is 9.41. The van der Waals surface area contributed by atoms with Gasteiger partial charge in [-0.2, -0.15) is 0 Å². The minimum absolute atomic E-state index is 0.0157. The number of morpholine rings is 1. The van der Waals surface area contributed by atoms with Crippen LogP contribution in [0.15, 0.2) is 0 Å². The minimum Gasteiger partial charge on any atom is -0.457 e. The van der Waals surface area contributed by atoms with Crippen molar-refractivity contribution in [2.75, 3.05) is 26.2 Å². The highest BCUT2D eigenvalue weighted by molar-refractivity contribution is 5.82. The van der Waals surface area contributed by atoms with Crippen molar-refractivity contribution in [3.63, 3.8) is 0 Å². The molecule has 8 aliphatic rings. The Bertz CT molecular complexity index is 1400. The molecule has 3 aliphatic heterocycles. The summed E-state index contributed by atoms with van der Waals surface area (Å²) in [7, 11) is 0. The lowest BCUT2D eigenvalue weighted by Crippen LogP contribution is -2.60. The molecule has 0 radical (unpaired) electrons. The molecule has 51 heavy (non-hydrogen) atoms. The molecule has 2 spiro atoms. The Morgan fingerprint density at radius 1 is 1.06 bits per heavy atom. The molecule has 8 rings (SSSR count). The standard InChI is InChI=1S/C41H66N2O8/c1-23-20-26(34(37(5,6)47)49-24(2)44)50-32-31(23)38(7)15-16-41-22-40(41)14-13-29(36(3,4)27(40)11-12-28(41)39(38,8)33(32)45)51-30-21-43(18-19-48-30)25-10-9-17-42-35(25)46/h23,25-34,45,47H,9-22H2,1-8H3,(H,42,46)/t23-,25?,26-,27+,28+,29+,30+,31?,32+,33+,34+,38-,39-,40-,41+/m1/s1. The number of carbonyl (C=O) groups excluding carboxylic acids is 2. The Labute approximate surface area is 305 Å². The van der Waals surface area contributed by atoms with Crippen molar-refractivity contribution in [3.8, 4) is 0 Å². The second-order valence-electron chi connectivity index (χ2n) is 20.1. The van der Waals surface area contributed by atoms with Crippen molar-refractivity contribution in [1.82, 2.24) is 10.2 Å². The van der Waals surface area contributed by atoms with E-state index in [1.165, 1.54) is 19.8 Å². The van der Waals surface area contributed by atoms with Gasteiger partial charge in [0.25, 0.3) is 0 Å². The van der Waals surface area contributed by atoms with E-state index < -0.39 is 29.9 Å². The Kier molecular flexibility index (Phi) is 8.70. The summed E-state index contributed by atoms with van der Waals surface area (Å²) in [6.07, 6.45) is 8.10. The molecular formula is C41H66N2O8. The van der Waals surface area contributed by atoms with Gasteiger partial charge in [-0.15, -0.1) is 0 Å². The summed E-state index contributed by atoms with van der Waals surface area (Å²) >= 11 is 0. The van der Waals surface area contributed by atoms with Gasteiger partial charge in [0.1, 0.15) is 0 Å². The third kappa shape index (κ3) is 5.14. The molecule has 1 amide bonds. The summed E-state index contributed by atoms with van der Waals surface area (Å²) in [6.45, 7) is 19.5. The van der Waals surface area contributed by atoms with Crippen LogP contribution in [0.2, 0.25) is 0 Å². The van der Waals surface area contributed by atoms with Crippen LogP contribution in [0.3, 0.4) is 0 Å². The third-order valence-electron chi connectivity index (χ3n) is 17.2. The molecule has 3 saturated heterocycles. The maximum absolute atomic E-state index is 12.7. The molecular weight excluding hydrogens is 648 g/mol. The molecule has 2 unspecified atom stereocenters. The normalized spacial score (nSPS) is 51.1. The first-order valence-corrected chi connectivity index (χ1v) is 20.4. The molecule has 0 aromatic heterocycles. The lowest BCUT2D eigenvalue weighted by molar-refractivity contribution is -0.251. The SMILES string of the molecule is CC(=O)O[C@@H]([C@H]1C[C@@H](C)C2[C@H](O1)[C@H](O)[C@@]1(C)[C@@H]3CC[C@H]4C(C)(C)[C@@H](O[C@H]5CN(C6CCCNC6=O)CCO5)CC[C@@]45C[C@@]35CC[C@]21C)C(C)(C)O. The van der Waals surface area contributed by atoms with Crippen molar-refractivity contribution in [1.29, 1.82) is 0 Å². The molecule has 5 saturated carbocycles. The fourth-order valence-corrected chi connectivity index (χ4v) is 14.9. The van der Waals surface area contributed by atoms with E-state index in [-0.39, 0.29) is 69.4 Å². The zero-order valence-electron chi connectivity index (χ0n) is 32.5. The third-order valence-corrected chi connectivity index (χ3v) is 17.2. The fraction of sp³-hybridized carbons (Fsp3) is 0.951. The number of hydrogen-bond donors (Lipinski definition) is 3. The second-order valence-corrected chi connectivity index (χ2v) is 20.1. The van der Waals surface area contributed by atoms with Crippen LogP contribution in [-0.2, 0) is 28.5 Å². The van der Waals surface area contributed by atoms with Gasteiger partial charge in [-0.3, -0.25) is 14.5 Å². The minimum atomic E-state index is -1.26. The van der Waals surface area contributed by atoms with Gasteiger partial charge in [0.15, 0.2) is 12.4 Å². The Hall–Kier alpha value is -1.30. The number of piperidine rings is 1. The van der Waals surface area contributed by atoms with E-state index in [1.807, 2.05) is 0 Å². The number of esters is 1. The van der Waals surface area contributed by atoms with Gasteiger partial charge in [-0.1, -0.05) is 34.6 Å². The number of hydrogen-bond acceptors (Lipinski definition) is 9. The van der Waals surface area contributed by atoms with Crippen LogP contribution in [0.4, 0.5) is 0 Å². The van der Waals surface area contributed by atoms with Crippen molar-refractivity contribution in [2.45, 2.75) is 168 Å². The number of fused-ring (bicyclic) bond motifs is 4. The molecule has 0 aromatic carbocycles. The summed E-state index contributed by atoms with van der Waals surface area (Å²) in [5.74, 6) is 1.14.